The molecule has 0 aliphatic carbocycles. The first-order valence-electron chi connectivity index (χ1n) is 5.88. The van der Waals surface area contributed by atoms with Gasteiger partial charge < -0.3 is 10.1 Å². The molecule has 1 rings (SSSR count). The molecule has 0 spiro atoms. The average molecular weight is 318 g/mol. The second kappa shape index (κ2) is 7.36. The van der Waals surface area contributed by atoms with Gasteiger partial charge in [-0.3, -0.25) is 0 Å². The van der Waals surface area contributed by atoms with Crippen LogP contribution in [0.2, 0.25) is 0 Å². The number of methoxy groups -OCH3 is 1. The number of hydrogen-bond acceptors (Lipinski definition) is 3. The van der Waals surface area contributed by atoms with Crippen molar-refractivity contribution >= 4 is 27.6 Å². The summed E-state index contributed by atoms with van der Waals surface area (Å²) in [6.45, 7) is 2.04. The molecule has 0 aromatic heterocycles. The highest BCUT2D eigenvalue weighted by molar-refractivity contribution is 9.10. The highest BCUT2D eigenvalue weighted by Gasteiger charge is 2.20. The van der Waals surface area contributed by atoms with Crippen LogP contribution in [0.4, 0.5) is 10.1 Å². The molecule has 1 atom stereocenters. The molecule has 3 nitrogen and oxygen atoms in total. The summed E-state index contributed by atoms with van der Waals surface area (Å²) in [7, 11) is 1.33. The predicted octanol–water partition coefficient (Wildman–Crippen LogP) is 3.73. The molecule has 0 bridgehead atoms. The van der Waals surface area contributed by atoms with E-state index in [9.17, 15) is 9.18 Å². The molecule has 0 saturated heterocycles. The van der Waals surface area contributed by atoms with Gasteiger partial charge in [0.1, 0.15) is 11.9 Å². The van der Waals surface area contributed by atoms with Gasteiger partial charge in [-0.15, -0.1) is 0 Å². The van der Waals surface area contributed by atoms with Crippen molar-refractivity contribution in [3.8, 4) is 0 Å². The SMILES string of the molecule is CCCCC(Nc1c(F)cccc1Br)C(=O)OC. The molecule has 0 radical (unpaired) electrons. The van der Waals surface area contributed by atoms with E-state index < -0.39 is 11.9 Å². The van der Waals surface area contributed by atoms with Crippen LogP contribution in [-0.4, -0.2) is 19.1 Å². The van der Waals surface area contributed by atoms with Crippen LogP contribution < -0.4 is 5.32 Å². The van der Waals surface area contributed by atoms with Crippen molar-refractivity contribution in [1.29, 1.82) is 0 Å². The lowest BCUT2D eigenvalue weighted by Gasteiger charge is -2.18. The van der Waals surface area contributed by atoms with Crippen LogP contribution in [0.3, 0.4) is 0 Å². The van der Waals surface area contributed by atoms with E-state index in [1.807, 2.05) is 6.92 Å². The maximum absolute atomic E-state index is 13.7. The van der Waals surface area contributed by atoms with Crippen molar-refractivity contribution < 1.29 is 13.9 Å². The quantitative estimate of drug-likeness (QED) is 0.812. The Balaban J connectivity index is 2.85. The van der Waals surface area contributed by atoms with Crippen molar-refractivity contribution in [3.05, 3.63) is 28.5 Å². The van der Waals surface area contributed by atoms with E-state index in [0.717, 1.165) is 12.8 Å². The number of halogens is 2. The zero-order valence-corrected chi connectivity index (χ0v) is 12.1. The lowest BCUT2D eigenvalue weighted by atomic mass is 10.1. The van der Waals surface area contributed by atoms with Crippen LogP contribution in [0.1, 0.15) is 26.2 Å². The topological polar surface area (TPSA) is 38.3 Å². The molecule has 1 aromatic rings. The first kappa shape index (κ1) is 15.0. The Bertz CT molecular complexity index is 392. The van der Waals surface area contributed by atoms with Gasteiger partial charge in [0.25, 0.3) is 0 Å². The predicted molar refractivity (Wildman–Crippen MR) is 73.1 cm³/mol. The first-order valence-corrected chi connectivity index (χ1v) is 6.67. The molecule has 1 N–H and O–H groups in total. The molecule has 0 aliphatic heterocycles. The van der Waals surface area contributed by atoms with Gasteiger partial charge in [0, 0.05) is 4.47 Å². The lowest BCUT2D eigenvalue weighted by Crippen LogP contribution is -2.31. The Morgan fingerprint density at radius 1 is 1.56 bits per heavy atom. The molecule has 18 heavy (non-hydrogen) atoms. The Morgan fingerprint density at radius 2 is 2.28 bits per heavy atom. The summed E-state index contributed by atoms with van der Waals surface area (Å²) < 4.78 is 19.0. The molecule has 1 aromatic carbocycles. The second-order valence-electron chi connectivity index (χ2n) is 3.96. The van der Waals surface area contributed by atoms with Crippen LogP contribution in [0, 0.1) is 5.82 Å². The highest BCUT2D eigenvalue weighted by Crippen LogP contribution is 2.26. The minimum atomic E-state index is -0.525. The number of carbonyl (C=O) groups is 1. The Hall–Kier alpha value is -1.10. The smallest absolute Gasteiger partial charge is 0.328 e. The van der Waals surface area contributed by atoms with Crippen molar-refractivity contribution in [2.75, 3.05) is 12.4 Å². The molecule has 5 heteroatoms. The third-order valence-corrected chi connectivity index (χ3v) is 3.27. The summed E-state index contributed by atoms with van der Waals surface area (Å²) in [6, 6.07) is 4.15. The third-order valence-electron chi connectivity index (χ3n) is 2.61. The number of rotatable bonds is 6. The maximum Gasteiger partial charge on any atom is 0.328 e. The van der Waals surface area contributed by atoms with E-state index in [0.29, 0.717) is 16.6 Å². The molecular weight excluding hydrogens is 301 g/mol. The number of ether oxygens (including phenoxy) is 1. The van der Waals surface area contributed by atoms with Gasteiger partial charge in [0.15, 0.2) is 0 Å². The summed E-state index contributed by atoms with van der Waals surface area (Å²) in [4.78, 5) is 11.6. The van der Waals surface area contributed by atoms with E-state index in [1.165, 1.54) is 13.2 Å². The number of nitrogens with one attached hydrogen (secondary N) is 1. The normalized spacial score (nSPS) is 12.0. The summed E-state index contributed by atoms with van der Waals surface area (Å²) in [5.41, 5.74) is 0.295. The van der Waals surface area contributed by atoms with Crippen LogP contribution in [0.25, 0.3) is 0 Å². The maximum atomic E-state index is 13.7. The summed E-state index contributed by atoms with van der Waals surface area (Å²) in [5, 5.41) is 2.90. The minimum Gasteiger partial charge on any atom is -0.467 e. The van der Waals surface area contributed by atoms with E-state index >= 15 is 0 Å². The number of esters is 1. The summed E-state index contributed by atoms with van der Waals surface area (Å²) in [5.74, 6) is -0.770. The standard InChI is InChI=1S/C13H17BrFNO2/c1-3-4-8-11(13(17)18-2)16-12-9(14)6-5-7-10(12)15/h5-7,11,16H,3-4,8H2,1-2H3. The van der Waals surface area contributed by atoms with E-state index in [-0.39, 0.29) is 5.97 Å². The van der Waals surface area contributed by atoms with Crippen molar-refractivity contribution in [2.45, 2.75) is 32.2 Å². The van der Waals surface area contributed by atoms with E-state index in [4.69, 9.17) is 4.74 Å². The highest BCUT2D eigenvalue weighted by atomic mass is 79.9. The minimum absolute atomic E-state index is 0.295. The van der Waals surface area contributed by atoms with E-state index in [1.54, 1.807) is 12.1 Å². The molecule has 0 saturated carbocycles. The number of hydrogen-bond donors (Lipinski definition) is 1. The van der Waals surface area contributed by atoms with Crippen LogP contribution in [0.15, 0.2) is 22.7 Å². The fourth-order valence-electron chi connectivity index (χ4n) is 1.61. The lowest BCUT2D eigenvalue weighted by molar-refractivity contribution is -0.141. The third kappa shape index (κ3) is 3.98. The molecule has 0 fully saturated rings. The fourth-order valence-corrected chi connectivity index (χ4v) is 2.07. The number of anilines is 1. The number of benzene rings is 1. The fraction of sp³-hybridized carbons (Fsp3) is 0.462. The zero-order chi connectivity index (χ0) is 13.5. The summed E-state index contributed by atoms with van der Waals surface area (Å²) in [6.07, 6.45) is 2.45. The van der Waals surface area contributed by atoms with Gasteiger partial charge in [-0.05, 0) is 34.5 Å². The largest absolute Gasteiger partial charge is 0.467 e. The van der Waals surface area contributed by atoms with Gasteiger partial charge >= 0.3 is 5.97 Å². The van der Waals surface area contributed by atoms with Crippen molar-refractivity contribution in [2.24, 2.45) is 0 Å². The molecule has 0 heterocycles. The summed E-state index contributed by atoms with van der Waals surface area (Å²) >= 11 is 3.26. The van der Waals surface area contributed by atoms with E-state index in [2.05, 4.69) is 21.2 Å². The van der Waals surface area contributed by atoms with Crippen LogP contribution >= 0.6 is 15.9 Å². The molecular formula is C13H17BrFNO2. The number of unbranched alkanes of at least 4 members (excludes halogenated alkanes) is 1. The van der Waals surface area contributed by atoms with Gasteiger partial charge in [-0.25, -0.2) is 9.18 Å². The first-order chi connectivity index (χ1) is 8.60. The Labute approximate surface area is 115 Å². The zero-order valence-electron chi connectivity index (χ0n) is 10.5. The molecule has 100 valence electrons. The van der Waals surface area contributed by atoms with Crippen LogP contribution in [-0.2, 0) is 9.53 Å². The van der Waals surface area contributed by atoms with Crippen LogP contribution in [0.5, 0.6) is 0 Å². The molecule has 1 unspecified atom stereocenters. The van der Waals surface area contributed by atoms with Gasteiger partial charge in [-0.2, -0.15) is 0 Å². The molecule has 0 aliphatic rings. The van der Waals surface area contributed by atoms with Crippen molar-refractivity contribution in [3.63, 3.8) is 0 Å². The Morgan fingerprint density at radius 3 is 2.83 bits per heavy atom. The average Bonchev–Trinajstić information content (AvgIpc) is 2.36. The van der Waals surface area contributed by atoms with Gasteiger partial charge in [0.05, 0.1) is 12.8 Å². The van der Waals surface area contributed by atoms with Gasteiger partial charge in [-0.1, -0.05) is 25.8 Å². The molecule has 0 amide bonds. The second-order valence-corrected chi connectivity index (χ2v) is 4.81. The number of carbonyl (C=O) groups excluding carboxylic acids is 1. The Kier molecular flexibility index (Phi) is 6.12. The number of para-hydroxylation sites is 1. The monoisotopic (exact) mass is 317 g/mol. The van der Waals surface area contributed by atoms with Gasteiger partial charge in [0.2, 0.25) is 0 Å². The van der Waals surface area contributed by atoms with Crippen molar-refractivity contribution in [1.82, 2.24) is 0 Å².